The van der Waals surface area contributed by atoms with Crippen LogP contribution in [0.4, 0.5) is 5.69 Å². The molecular formula is C30H30ClN3O6. The van der Waals surface area contributed by atoms with Crippen LogP contribution in [-0.2, 0) is 4.79 Å². The number of Topliss-reactive ketones (excluding diaryl/α,β-unsaturated/α-hetero) is 1. The smallest absolute Gasteiger partial charge is 0.282 e. The predicted molar refractivity (Wildman–Crippen MR) is 151 cm³/mol. The van der Waals surface area contributed by atoms with Crippen LogP contribution >= 0.6 is 11.6 Å². The van der Waals surface area contributed by atoms with Crippen molar-refractivity contribution < 1.29 is 24.0 Å². The van der Waals surface area contributed by atoms with Gasteiger partial charge in [0, 0.05) is 22.7 Å². The highest BCUT2D eigenvalue weighted by atomic mass is 35.5. The van der Waals surface area contributed by atoms with E-state index in [0.717, 1.165) is 43.1 Å². The topological polar surface area (TPSA) is 119 Å². The molecule has 10 heteroatoms. The molecule has 0 spiro atoms. The minimum absolute atomic E-state index is 0.0794. The molecule has 1 saturated carbocycles. The zero-order valence-electron chi connectivity index (χ0n) is 22.0. The molecule has 0 aromatic heterocycles. The molecule has 3 aromatic rings. The van der Waals surface area contributed by atoms with Gasteiger partial charge < -0.3 is 15.0 Å². The van der Waals surface area contributed by atoms with E-state index < -0.39 is 40.8 Å². The SMILES string of the molecule is COc1ccc(C(C(=O)NC2CCCCC2)N(CC(=O)c2ccccc2)C(=O)c2cc(Cl)ccc2[N+](=O)[O-])cc1. The number of amides is 2. The van der Waals surface area contributed by atoms with Crippen molar-refractivity contribution in [3.05, 3.63) is 105 Å². The quantitative estimate of drug-likeness (QED) is 0.190. The summed E-state index contributed by atoms with van der Waals surface area (Å²) in [5.74, 6) is -1.23. The minimum Gasteiger partial charge on any atom is -0.497 e. The van der Waals surface area contributed by atoms with Gasteiger partial charge in [-0.15, -0.1) is 0 Å². The Hall–Kier alpha value is -4.24. The molecule has 4 rings (SSSR count). The molecule has 1 aliphatic rings. The van der Waals surface area contributed by atoms with Crippen LogP contribution in [0.15, 0.2) is 72.8 Å². The summed E-state index contributed by atoms with van der Waals surface area (Å²) in [6.07, 6.45) is 4.64. The molecule has 208 valence electrons. The van der Waals surface area contributed by atoms with Gasteiger partial charge in [-0.2, -0.15) is 0 Å². The summed E-state index contributed by atoms with van der Waals surface area (Å²) in [5, 5.41) is 15.0. The van der Waals surface area contributed by atoms with E-state index in [1.165, 1.54) is 19.2 Å². The van der Waals surface area contributed by atoms with Crippen molar-refractivity contribution >= 4 is 34.9 Å². The number of carbonyl (C=O) groups is 3. The summed E-state index contributed by atoms with van der Waals surface area (Å²) < 4.78 is 5.26. The van der Waals surface area contributed by atoms with Crippen LogP contribution in [0.2, 0.25) is 5.02 Å². The van der Waals surface area contributed by atoms with Gasteiger partial charge in [0.1, 0.15) is 17.4 Å². The number of carbonyl (C=O) groups excluding carboxylic acids is 3. The molecular weight excluding hydrogens is 534 g/mol. The average Bonchev–Trinajstić information content (AvgIpc) is 2.97. The number of nitro benzene ring substituents is 1. The zero-order valence-corrected chi connectivity index (χ0v) is 22.8. The van der Waals surface area contributed by atoms with Gasteiger partial charge >= 0.3 is 0 Å². The van der Waals surface area contributed by atoms with Crippen LogP contribution in [0.3, 0.4) is 0 Å². The van der Waals surface area contributed by atoms with Gasteiger partial charge in [0.05, 0.1) is 18.6 Å². The number of rotatable bonds is 10. The molecule has 1 N–H and O–H groups in total. The third-order valence-corrected chi connectivity index (χ3v) is 7.23. The Labute approximate surface area is 237 Å². The Bertz CT molecular complexity index is 1370. The van der Waals surface area contributed by atoms with Gasteiger partial charge in [0.25, 0.3) is 11.6 Å². The van der Waals surface area contributed by atoms with Crippen molar-refractivity contribution in [2.45, 2.75) is 44.2 Å². The summed E-state index contributed by atoms with van der Waals surface area (Å²) in [4.78, 5) is 53.7. The van der Waals surface area contributed by atoms with Gasteiger partial charge in [0.15, 0.2) is 5.78 Å². The number of nitrogens with zero attached hydrogens (tertiary/aromatic N) is 2. The van der Waals surface area contributed by atoms with Crippen LogP contribution in [0.5, 0.6) is 5.75 Å². The maximum atomic E-state index is 14.1. The van der Waals surface area contributed by atoms with Crippen LogP contribution in [0, 0.1) is 10.1 Å². The van der Waals surface area contributed by atoms with Crippen molar-refractivity contribution in [2.24, 2.45) is 0 Å². The van der Waals surface area contributed by atoms with E-state index in [9.17, 15) is 24.5 Å². The number of nitro groups is 1. The molecule has 0 saturated heterocycles. The van der Waals surface area contributed by atoms with Crippen molar-refractivity contribution in [3.63, 3.8) is 0 Å². The Kier molecular flexibility index (Phi) is 9.50. The number of hydrogen-bond acceptors (Lipinski definition) is 6. The van der Waals surface area contributed by atoms with Gasteiger partial charge in [-0.25, -0.2) is 0 Å². The van der Waals surface area contributed by atoms with Gasteiger partial charge in [0.2, 0.25) is 5.91 Å². The van der Waals surface area contributed by atoms with Crippen LogP contribution < -0.4 is 10.1 Å². The highest BCUT2D eigenvalue weighted by Crippen LogP contribution is 2.31. The molecule has 40 heavy (non-hydrogen) atoms. The first-order chi connectivity index (χ1) is 19.3. The number of methoxy groups -OCH3 is 1. The Morgan fingerprint density at radius 3 is 2.33 bits per heavy atom. The van der Waals surface area contributed by atoms with E-state index in [2.05, 4.69) is 5.32 Å². The van der Waals surface area contributed by atoms with E-state index in [-0.39, 0.29) is 16.6 Å². The van der Waals surface area contributed by atoms with Crippen molar-refractivity contribution in [1.29, 1.82) is 0 Å². The Balaban J connectivity index is 1.82. The molecule has 0 radical (unpaired) electrons. The molecule has 0 bridgehead atoms. The van der Waals surface area contributed by atoms with E-state index >= 15 is 0 Å². The number of ether oxygens (including phenoxy) is 1. The molecule has 1 atom stereocenters. The standard InChI is InChI=1S/C30H30ClN3O6/c1-40-24-15-12-21(13-16-24)28(29(36)32-23-10-6-3-7-11-23)33(19-27(35)20-8-4-2-5-9-20)30(37)25-18-22(31)14-17-26(25)34(38)39/h2,4-5,8-9,12-18,23,28H,3,6-7,10-11,19H2,1H3,(H,32,36). The second-order valence-electron chi connectivity index (χ2n) is 9.66. The third kappa shape index (κ3) is 6.84. The minimum atomic E-state index is -1.26. The van der Waals surface area contributed by atoms with Crippen molar-refractivity contribution in [1.82, 2.24) is 10.2 Å². The summed E-state index contributed by atoms with van der Waals surface area (Å²) in [5.41, 5.74) is -0.0369. The molecule has 0 aliphatic heterocycles. The van der Waals surface area contributed by atoms with Crippen molar-refractivity contribution in [2.75, 3.05) is 13.7 Å². The fourth-order valence-electron chi connectivity index (χ4n) is 4.93. The number of halogens is 1. The maximum Gasteiger partial charge on any atom is 0.282 e. The second-order valence-corrected chi connectivity index (χ2v) is 10.1. The lowest BCUT2D eigenvalue weighted by atomic mass is 9.94. The van der Waals surface area contributed by atoms with Crippen LogP contribution in [-0.4, -0.2) is 47.1 Å². The number of nitrogens with one attached hydrogen (secondary N) is 1. The summed E-state index contributed by atoms with van der Waals surface area (Å²) in [6.45, 7) is -0.499. The first-order valence-electron chi connectivity index (χ1n) is 13.1. The summed E-state index contributed by atoms with van der Waals surface area (Å²) >= 11 is 6.14. The molecule has 1 fully saturated rings. The normalized spacial score (nSPS) is 14.2. The first kappa shape index (κ1) is 28.8. The first-order valence-corrected chi connectivity index (χ1v) is 13.4. The van der Waals surface area contributed by atoms with E-state index in [0.29, 0.717) is 16.9 Å². The summed E-state index contributed by atoms with van der Waals surface area (Å²) in [7, 11) is 1.51. The zero-order chi connectivity index (χ0) is 28.6. The average molecular weight is 564 g/mol. The lowest BCUT2D eigenvalue weighted by Gasteiger charge is -2.33. The predicted octanol–water partition coefficient (Wildman–Crippen LogP) is 5.77. The maximum absolute atomic E-state index is 14.1. The van der Waals surface area contributed by atoms with Gasteiger partial charge in [-0.1, -0.05) is 73.3 Å². The molecule has 1 unspecified atom stereocenters. The highest BCUT2D eigenvalue weighted by Gasteiger charge is 2.37. The summed E-state index contributed by atoms with van der Waals surface area (Å²) in [6, 6.07) is 17.2. The number of benzene rings is 3. The van der Waals surface area contributed by atoms with E-state index in [4.69, 9.17) is 16.3 Å². The van der Waals surface area contributed by atoms with E-state index in [1.807, 2.05) is 0 Å². The molecule has 1 aliphatic carbocycles. The molecule has 0 heterocycles. The van der Waals surface area contributed by atoms with Crippen LogP contribution in [0.1, 0.15) is 64.4 Å². The Morgan fingerprint density at radius 2 is 1.70 bits per heavy atom. The van der Waals surface area contributed by atoms with E-state index in [1.54, 1.807) is 54.6 Å². The van der Waals surface area contributed by atoms with Crippen molar-refractivity contribution in [3.8, 4) is 5.75 Å². The Morgan fingerprint density at radius 1 is 1.02 bits per heavy atom. The number of ketones is 1. The third-order valence-electron chi connectivity index (χ3n) is 7.00. The molecule has 9 nitrogen and oxygen atoms in total. The fraction of sp³-hybridized carbons (Fsp3) is 0.300. The molecule has 2 amide bonds. The second kappa shape index (κ2) is 13.2. The van der Waals surface area contributed by atoms with Crippen LogP contribution in [0.25, 0.3) is 0 Å². The van der Waals surface area contributed by atoms with Gasteiger partial charge in [-0.05, 0) is 42.7 Å². The largest absolute Gasteiger partial charge is 0.497 e. The monoisotopic (exact) mass is 563 g/mol. The lowest BCUT2D eigenvalue weighted by Crippen LogP contribution is -2.48. The fourth-order valence-corrected chi connectivity index (χ4v) is 5.10. The molecule has 3 aromatic carbocycles. The highest BCUT2D eigenvalue weighted by molar-refractivity contribution is 6.31. The lowest BCUT2D eigenvalue weighted by molar-refractivity contribution is -0.385. The van der Waals surface area contributed by atoms with Gasteiger partial charge in [-0.3, -0.25) is 24.5 Å². The number of hydrogen-bond donors (Lipinski definition) is 1.